The number of hydrogen-bond acceptors (Lipinski definition) is 5. The summed E-state index contributed by atoms with van der Waals surface area (Å²) in [4.78, 5) is 11.0. The molecule has 70 valence electrons. The van der Waals surface area contributed by atoms with Gasteiger partial charge in [0.1, 0.15) is 13.4 Å². The summed E-state index contributed by atoms with van der Waals surface area (Å²) in [6.45, 7) is 1.12. The summed E-state index contributed by atoms with van der Waals surface area (Å²) < 4.78 is 19.2. The van der Waals surface area contributed by atoms with E-state index in [1.807, 2.05) is 0 Å². The lowest BCUT2D eigenvalue weighted by Crippen LogP contribution is -2.26. The van der Waals surface area contributed by atoms with Gasteiger partial charge in [-0.2, -0.15) is 0 Å². The Labute approximate surface area is 70.5 Å². The van der Waals surface area contributed by atoms with Crippen LogP contribution < -0.4 is 0 Å². The molecular weight excluding hydrogens is 164 g/mol. The van der Waals surface area contributed by atoms with Crippen molar-refractivity contribution in [2.24, 2.45) is 0 Å². The highest BCUT2D eigenvalue weighted by atomic mass is 16.7. The molecule has 0 aromatic heterocycles. The summed E-state index contributed by atoms with van der Waals surface area (Å²) in [5.41, 5.74) is 0. The molecule has 1 fully saturated rings. The van der Waals surface area contributed by atoms with Crippen molar-refractivity contribution < 1.29 is 23.7 Å². The third-order valence-electron chi connectivity index (χ3n) is 1.42. The average molecular weight is 176 g/mol. The molecular formula is C7H12O5. The van der Waals surface area contributed by atoms with Crippen molar-refractivity contribution in [1.82, 2.24) is 0 Å². The molecule has 1 saturated heterocycles. The first-order chi connectivity index (χ1) is 5.84. The minimum Gasteiger partial charge on any atom is -0.461 e. The standard InChI is InChI=1S/C7H12O5/c1-9-2-3-11-7(8)6-4-10-5-12-6/h6H,2-5H2,1H3. The minimum atomic E-state index is -0.554. The first-order valence-corrected chi connectivity index (χ1v) is 3.69. The van der Waals surface area contributed by atoms with Gasteiger partial charge in [-0.05, 0) is 0 Å². The molecule has 1 rings (SSSR count). The quantitative estimate of drug-likeness (QED) is 0.429. The van der Waals surface area contributed by atoms with Crippen LogP contribution in [-0.4, -0.2) is 45.8 Å². The molecule has 0 aromatic rings. The third kappa shape index (κ3) is 2.77. The Morgan fingerprint density at radius 3 is 3.00 bits per heavy atom. The van der Waals surface area contributed by atoms with E-state index >= 15 is 0 Å². The van der Waals surface area contributed by atoms with E-state index in [0.717, 1.165) is 0 Å². The lowest BCUT2D eigenvalue weighted by molar-refractivity contribution is -0.154. The van der Waals surface area contributed by atoms with Crippen LogP contribution >= 0.6 is 0 Å². The normalized spacial score (nSPS) is 22.6. The van der Waals surface area contributed by atoms with Gasteiger partial charge in [0.25, 0.3) is 0 Å². The van der Waals surface area contributed by atoms with Gasteiger partial charge in [-0.25, -0.2) is 4.79 Å². The second kappa shape index (κ2) is 5.08. The van der Waals surface area contributed by atoms with E-state index in [4.69, 9.17) is 18.9 Å². The second-order valence-corrected chi connectivity index (χ2v) is 2.30. The molecule has 1 aliphatic heterocycles. The maximum Gasteiger partial charge on any atom is 0.337 e. The van der Waals surface area contributed by atoms with Crippen LogP contribution in [-0.2, 0) is 23.7 Å². The summed E-state index contributed by atoms with van der Waals surface area (Å²) in [6.07, 6.45) is -0.554. The smallest absolute Gasteiger partial charge is 0.337 e. The number of esters is 1. The highest BCUT2D eigenvalue weighted by Crippen LogP contribution is 2.04. The molecule has 0 bridgehead atoms. The van der Waals surface area contributed by atoms with Crippen molar-refractivity contribution in [1.29, 1.82) is 0 Å². The zero-order valence-corrected chi connectivity index (χ0v) is 6.95. The third-order valence-corrected chi connectivity index (χ3v) is 1.42. The molecule has 0 spiro atoms. The Morgan fingerprint density at radius 2 is 2.42 bits per heavy atom. The monoisotopic (exact) mass is 176 g/mol. The first kappa shape index (κ1) is 9.44. The van der Waals surface area contributed by atoms with E-state index in [9.17, 15) is 4.79 Å². The van der Waals surface area contributed by atoms with Gasteiger partial charge in [-0.1, -0.05) is 0 Å². The molecule has 1 heterocycles. The number of ether oxygens (including phenoxy) is 4. The van der Waals surface area contributed by atoms with Gasteiger partial charge in [0.15, 0.2) is 6.10 Å². The van der Waals surface area contributed by atoms with E-state index in [2.05, 4.69) is 0 Å². The molecule has 1 unspecified atom stereocenters. The van der Waals surface area contributed by atoms with Crippen LogP contribution in [0.4, 0.5) is 0 Å². The van der Waals surface area contributed by atoms with E-state index < -0.39 is 6.10 Å². The maximum atomic E-state index is 11.0. The molecule has 0 radical (unpaired) electrons. The van der Waals surface area contributed by atoms with Gasteiger partial charge in [0.2, 0.25) is 0 Å². The number of hydrogen-bond donors (Lipinski definition) is 0. The second-order valence-electron chi connectivity index (χ2n) is 2.30. The van der Waals surface area contributed by atoms with E-state index in [-0.39, 0.29) is 26.0 Å². The summed E-state index contributed by atoms with van der Waals surface area (Å²) >= 11 is 0. The zero-order valence-electron chi connectivity index (χ0n) is 6.95. The molecule has 0 saturated carbocycles. The summed E-state index contributed by atoms with van der Waals surface area (Å²) in [7, 11) is 1.54. The zero-order chi connectivity index (χ0) is 8.81. The molecule has 1 atom stereocenters. The SMILES string of the molecule is COCCOC(=O)C1COCO1. The molecule has 0 amide bonds. The Morgan fingerprint density at radius 1 is 1.58 bits per heavy atom. The molecule has 5 heteroatoms. The fourth-order valence-corrected chi connectivity index (χ4v) is 0.788. The number of carbonyl (C=O) groups excluding carboxylic acids is 1. The average Bonchev–Trinajstić information content (AvgIpc) is 2.56. The Bertz CT molecular complexity index is 141. The van der Waals surface area contributed by atoms with Crippen LogP contribution in [0.15, 0.2) is 0 Å². The van der Waals surface area contributed by atoms with E-state index in [0.29, 0.717) is 6.61 Å². The topological polar surface area (TPSA) is 54.0 Å². The lowest BCUT2D eigenvalue weighted by Gasteiger charge is -2.07. The van der Waals surface area contributed by atoms with Gasteiger partial charge >= 0.3 is 5.97 Å². The van der Waals surface area contributed by atoms with Crippen molar-refractivity contribution in [3.8, 4) is 0 Å². The van der Waals surface area contributed by atoms with Crippen molar-refractivity contribution >= 4 is 5.97 Å². The molecule has 1 aliphatic rings. The van der Waals surface area contributed by atoms with Crippen molar-refractivity contribution in [3.63, 3.8) is 0 Å². The van der Waals surface area contributed by atoms with Crippen LogP contribution in [0, 0.1) is 0 Å². The number of rotatable bonds is 4. The fourth-order valence-electron chi connectivity index (χ4n) is 0.788. The molecule has 5 nitrogen and oxygen atoms in total. The minimum absolute atomic E-state index is 0.171. The molecule has 0 N–H and O–H groups in total. The summed E-state index contributed by atoms with van der Waals surface area (Å²) in [6, 6.07) is 0. The van der Waals surface area contributed by atoms with Gasteiger partial charge in [0, 0.05) is 7.11 Å². The van der Waals surface area contributed by atoms with Gasteiger partial charge < -0.3 is 18.9 Å². The lowest BCUT2D eigenvalue weighted by atomic mass is 10.4. The first-order valence-electron chi connectivity index (χ1n) is 3.69. The van der Waals surface area contributed by atoms with Crippen LogP contribution in [0.1, 0.15) is 0 Å². The van der Waals surface area contributed by atoms with E-state index in [1.54, 1.807) is 7.11 Å². The van der Waals surface area contributed by atoms with Crippen molar-refractivity contribution in [2.75, 3.05) is 33.7 Å². The number of methoxy groups -OCH3 is 1. The van der Waals surface area contributed by atoms with Crippen LogP contribution in [0.5, 0.6) is 0 Å². The molecule has 0 aliphatic carbocycles. The summed E-state index contributed by atoms with van der Waals surface area (Å²) in [5, 5.41) is 0. The van der Waals surface area contributed by atoms with Crippen LogP contribution in [0.2, 0.25) is 0 Å². The highest BCUT2D eigenvalue weighted by Gasteiger charge is 2.25. The fraction of sp³-hybridized carbons (Fsp3) is 0.857. The van der Waals surface area contributed by atoms with Crippen molar-refractivity contribution in [2.45, 2.75) is 6.10 Å². The van der Waals surface area contributed by atoms with Gasteiger partial charge in [0.05, 0.1) is 13.2 Å². The van der Waals surface area contributed by atoms with Gasteiger partial charge in [-0.15, -0.1) is 0 Å². The van der Waals surface area contributed by atoms with Crippen molar-refractivity contribution in [3.05, 3.63) is 0 Å². The Kier molecular flexibility index (Phi) is 3.99. The van der Waals surface area contributed by atoms with E-state index in [1.165, 1.54) is 0 Å². The summed E-state index contributed by atoms with van der Waals surface area (Å²) in [5.74, 6) is -0.385. The molecule has 0 aromatic carbocycles. The highest BCUT2D eigenvalue weighted by molar-refractivity contribution is 5.75. The Balaban J connectivity index is 2.10. The predicted molar refractivity (Wildman–Crippen MR) is 38.5 cm³/mol. The largest absolute Gasteiger partial charge is 0.461 e. The maximum absolute atomic E-state index is 11.0. The van der Waals surface area contributed by atoms with Crippen LogP contribution in [0.3, 0.4) is 0 Å². The number of carbonyl (C=O) groups is 1. The van der Waals surface area contributed by atoms with Gasteiger partial charge in [-0.3, -0.25) is 0 Å². The van der Waals surface area contributed by atoms with Crippen LogP contribution in [0.25, 0.3) is 0 Å². The Hall–Kier alpha value is -0.650. The predicted octanol–water partition coefficient (Wildman–Crippen LogP) is -0.451. The molecule has 12 heavy (non-hydrogen) atoms.